The molecular weight excluding hydrogens is 377 g/mol. The first-order valence-electron chi connectivity index (χ1n) is 7.72. The number of carbonyl (C=O) groups is 2. The van der Waals surface area contributed by atoms with E-state index in [1.807, 2.05) is 0 Å². The summed E-state index contributed by atoms with van der Waals surface area (Å²) in [5.41, 5.74) is -0.456. The zero-order chi connectivity index (χ0) is 19.6. The number of esters is 1. The molecule has 3 N–H and O–H groups in total. The average Bonchev–Trinajstić information content (AvgIpc) is 2.65. The Bertz CT molecular complexity index is 1050. The van der Waals surface area contributed by atoms with Crippen LogP contribution in [0.3, 0.4) is 0 Å². The molecule has 138 valence electrons. The molecule has 0 aliphatic rings. The molecule has 0 saturated carbocycles. The van der Waals surface area contributed by atoms with Crippen molar-refractivity contribution in [2.45, 2.75) is 0 Å². The van der Waals surface area contributed by atoms with Gasteiger partial charge in [0.1, 0.15) is 22.9 Å². The van der Waals surface area contributed by atoms with Gasteiger partial charge in [0.2, 0.25) is 0 Å². The molecule has 3 aromatic carbocycles. The molecule has 0 fully saturated rings. The summed E-state index contributed by atoms with van der Waals surface area (Å²) in [4.78, 5) is 24.0. The lowest BCUT2D eigenvalue weighted by Crippen LogP contribution is -2.21. The number of fused-ring (bicyclic) bond motifs is 1. The van der Waals surface area contributed by atoms with Crippen LogP contribution in [0, 0.1) is 5.82 Å². The van der Waals surface area contributed by atoms with E-state index in [1.165, 1.54) is 18.2 Å². The fourth-order valence-electron chi connectivity index (χ4n) is 2.48. The smallest absolute Gasteiger partial charge is 0.342 e. The molecule has 0 unspecified atom stereocenters. The molecule has 0 spiro atoms. The van der Waals surface area contributed by atoms with E-state index in [0.717, 1.165) is 12.1 Å². The highest BCUT2D eigenvalue weighted by Gasteiger charge is 2.19. The number of anilines is 1. The van der Waals surface area contributed by atoms with Crippen LogP contribution in [0.2, 0.25) is 5.02 Å². The number of nitrogens with one attached hydrogen (secondary N) is 1. The van der Waals surface area contributed by atoms with Gasteiger partial charge < -0.3 is 20.3 Å². The fourth-order valence-corrected chi connectivity index (χ4v) is 2.66. The van der Waals surface area contributed by atoms with Crippen LogP contribution in [0.4, 0.5) is 10.1 Å². The highest BCUT2D eigenvalue weighted by atomic mass is 35.5. The Morgan fingerprint density at radius 2 is 1.78 bits per heavy atom. The molecule has 8 heteroatoms. The van der Waals surface area contributed by atoms with Crippen LogP contribution < -0.4 is 5.32 Å². The molecule has 0 aromatic heterocycles. The predicted molar refractivity (Wildman–Crippen MR) is 97.6 cm³/mol. The highest BCUT2D eigenvalue weighted by molar-refractivity contribution is 6.30. The number of halogens is 2. The molecule has 0 radical (unpaired) electrons. The van der Waals surface area contributed by atoms with Gasteiger partial charge in [-0.15, -0.1) is 0 Å². The lowest BCUT2D eigenvalue weighted by Gasteiger charge is -2.10. The van der Waals surface area contributed by atoms with E-state index < -0.39 is 24.3 Å². The van der Waals surface area contributed by atoms with E-state index in [2.05, 4.69) is 5.32 Å². The summed E-state index contributed by atoms with van der Waals surface area (Å²) < 4.78 is 18.4. The summed E-state index contributed by atoms with van der Waals surface area (Å²) >= 11 is 5.73. The molecule has 0 saturated heterocycles. The topological polar surface area (TPSA) is 95.9 Å². The van der Waals surface area contributed by atoms with Crippen LogP contribution in [0.1, 0.15) is 10.4 Å². The second-order valence-corrected chi connectivity index (χ2v) is 6.02. The first kappa shape index (κ1) is 18.5. The Labute approximate surface area is 157 Å². The van der Waals surface area contributed by atoms with Crippen molar-refractivity contribution in [3.05, 3.63) is 64.9 Å². The number of hydrogen-bond donors (Lipinski definition) is 3. The molecule has 1 amide bonds. The number of carbonyl (C=O) groups excluding carboxylic acids is 2. The summed E-state index contributed by atoms with van der Waals surface area (Å²) in [7, 11) is 0. The van der Waals surface area contributed by atoms with Crippen molar-refractivity contribution in [2.24, 2.45) is 0 Å². The Morgan fingerprint density at radius 1 is 1.07 bits per heavy atom. The molecular formula is C19H13ClFNO5. The summed E-state index contributed by atoms with van der Waals surface area (Å²) in [5, 5.41) is 23.3. The van der Waals surface area contributed by atoms with Gasteiger partial charge in [-0.2, -0.15) is 0 Å². The van der Waals surface area contributed by atoms with Gasteiger partial charge in [0.25, 0.3) is 5.91 Å². The molecule has 0 aliphatic carbocycles. The first-order chi connectivity index (χ1) is 12.9. The highest BCUT2D eigenvalue weighted by Crippen LogP contribution is 2.35. The van der Waals surface area contributed by atoms with Crippen LogP contribution in [0.5, 0.6) is 11.5 Å². The minimum atomic E-state index is -1.02. The zero-order valence-electron chi connectivity index (χ0n) is 13.7. The van der Waals surface area contributed by atoms with E-state index in [0.29, 0.717) is 5.39 Å². The lowest BCUT2D eigenvalue weighted by atomic mass is 10.0. The summed E-state index contributed by atoms with van der Waals surface area (Å²) in [6, 6.07) is 11.1. The number of benzene rings is 3. The molecule has 0 atom stereocenters. The molecule has 3 rings (SSSR count). The van der Waals surface area contributed by atoms with E-state index >= 15 is 0 Å². The maximum atomic E-state index is 13.6. The third-order valence-electron chi connectivity index (χ3n) is 3.75. The van der Waals surface area contributed by atoms with E-state index in [9.17, 15) is 24.2 Å². The molecule has 0 bridgehead atoms. The normalized spacial score (nSPS) is 10.6. The van der Waals surface area contributed by atoms with Gasteiger partial charge in [-0.25, -0.2) is 9.18 Å². The lowest BCUT2D eigenvalue weighted by molar-refractivity contribution is -0.119. The number of hydrogen-bond acceptors (Lipinski definition) is 5. The Morgan fingerprint density at radius 3 is 2.52 bits per heavy atom. The van der Waals surface area contributed by atoms with Crippen molar-refractivity contribution in [3.63, 3.8) is 0 Å². The third-order valence-corrected chi connectivity index (χ3v) is 3.99. The largest absolute Gasteiger partial charge is 0.507 e. The SMILES string of the molecule is O=C(COC(=O)c1cc(O)c2ccccc2c1O)Nc1cc(Cl)ccc1F. The van der Waals surface area contributed by atoms with Crippen LogP contribution in [-0.2, 0) is 9.53 Å². The molecule has 0 heterocycles. The third kappa shape index (κ3) is 3.93. The van der Waals surface area contributed by atoms with E-state index in [1.54, 1.807) is 18.2 Å². The summed E-state index contributed by atoms with van der Waals surface area (Å²) in [6.07, 6.45) is 0. The van der Waals surface area contributed by atoms with Crippen LogP contribution in [0.15, 0.2) is 48.5 Å². The van der Waals surface area contributed by atoms with Gasteiger partial charge >= 0.3 is 5.97 Å². The van der Waals surface area contributed by atoms with Gasteiger partial charge in [0, 0.05) is 15.8 Å². The standard InChI is InChI=1S/C19H13ClFNO5/c20-10-5-6-14(21)15(7-10)22-17(24)9-27-19(26)13-8-16(23)11-3-1-2-4-12(11)18(13)25/h1-8,23,25H,9H2,(H,22,24). The van der Waals surface area contributed by atoms with Crippen LogP contribution >= 0.6 is 11.6 Å². The zero-order valence-corrected chi connectivity index (χ0v) is 14.5. The van der Waals surface area contributed by atoms with Crippen molar-refractivity contribution in [1.29, 1.82) is 0 Å². The minimum Gasteiger partial charge on any atom is -0.507 e. The average molecular weight is 390 g/mol. The Hall–Kier alpha value is -3.32. The number of amides is 1. The number of rotatable bonds is 4. The summed E-state index contributed by atoms with van der Waals surface area (Å²) in [6.45, 7) is -0.724. The van der Waals surface area contributed by atoms with Crippen molar-refractivity contribution in [2.75, 3.05) is 11.9 Å². The van der Waals surface area contributed by atoms with Crippen molar-refractivity contribution in [3.8, 4) is 11.5 Å². The fraction of sp³-hybridized carbons (Fsp3) is 0.0526. The van der Waals surface area contributed by atoms with Gasteiger partial charge in [-0.1, -0.05) is 35.9 Å². The predicted octanol–water partition coefficient (Wildman–Crippen LogP) is 3.84. The van der Waals surface area contributed by atoms with Gasteiger partial charge in [-0.3, -0.25) is 4.79 Å². The van der Waals surface area contributed by atoms with E-state index in [4.69, 9.17) is 16.3 Å². The number of aromatic hydroxyl groups is 2. The maximum absolute atomic E-state index is 13.6. The van der Waals surface area contributed by atoms with Gasteiger partial charge in [-0.05, 0) is 24.3 Å². The molecule has 6 nitrogen and oxygen atoms in total. The Kier molecular flexibility index (Phi) is 5.14. The van der Waals surface area contributed by atoms with Crippen molar-refractivity contribution < 1.29 is 28.9 Å². The second-order valence-electron chi connectivity index (χ2n) is 5.59. The Balaban J connectivity index is 1.72. The second kappa shape index (κ2) is 7.51. The number of phenols is 2. The number of ether oxygens (including phenoxy) is 1. The molecule has 27 heavy (non-hydrogen) atoms. The number of phenolic OH excluding ortho intramolecular Hbond substituents is 2. The quantitative estimate of drug-likeness (QED) is 0.465. The van der Waals surface area contributed by atoms with Crippen molar-refractivity contribution in [1.82, 2.24) is 0 Å². The summed E-state index contributed by atoms with van der Waals surface area (Å²) in [5.74, 6) is -3.11. The van der Waals surface area contributed by atoms with E-state index in [-0.39, 0.29) is 33.2 Å². The van der Waals surface area contributed by atoms with Gasteiger partial charge in [0.05, 0.1) is 5.69 Å². The van der Waals surface area contributed by atoms with Crippen LogP contribution in [0.25, 0.3) is 10.8 Å². The van der Waals surface area contributed by atoms with Crippen molar-refractivity contribution >= 4 is 39.9 Å². The monoisotopic (exact) mass is 389 g/mol. The van der Waals surface area contributed by atoms with Crippen LogP contribution in [-0.4, -0.2) is 28.7 Å². The maximum Gasteiger partial charge on any atom is 0.342 e. The minimum absolute atomic E-state index is 0.158. The molecule has 0 aliphatic heterocycles. The molecule has 3 aromatic rings. The first-order valence-corrected chi connectivity index (χ1v) is 8.10. The van der Waals surface area contributed by atoms with Gasteiger partial charge in [0.15, 0.2) is 6.61 Å².